The maximum atomic E-state index is 12.3. The fourth-order valence-corrected chi connectivity index (χ4v) is 2.69. The number of hydrogen-bond donors (Lipinski definition) is 1. The van der Waals surface area contributed by atoms with Gasteiger partial charge in [0, 0.05) is 31.2 Å². The molecule has 0 aliphatic carbocycles. The van der Waals surface area contributed by atoms with Crippen LogP contribution in [0.15, 0.2) is 18.2 Å². The first-order valence-corrected chi connectivity index (χ1v) is 5.98. The van der Waals surface area contributed by atoms with Crippen LogP contribution in [-0.4, -0.2) is 43.6 Å². The number of nitrogens with one attached hydrogen (secondary N) is 1. The summed E-state index contributed by atoms with van der Waals surface area (Å²) >= 11 is 0. The first-order chi connectivity index (χ1) is 8.29. The molecule has 1 amide bonds. The van der Waals surface area contributed by atoms with Crippen molar-refractivity contribution in [2.24, 2.45) is 0 Å². The average molecular weight is 232 g/mol. The first kappa shape index (κ1) is 10.6. The van der Waals surface area contributed by atoms with E-state index in [1.165, 1.54) is 0 Å². The van der Waals surface area contributed by atoms with E-state index in [-0.39, 0.29) is 5.91 Å². The molecule has 1 fully saturated rings. The minimum Gasteiger partial charge on any atom is -0.497 e. The normalized spacial score (nSPS) is 23.0. The van der Waals surface area contributed by atoms with Crippen molar-refractivity contribution in [2.75, 3.05) is 26.7 Å². The van der Waals surface area contributed by atoms with Gasteiger partial charge in [-0.05, 0) is 30.2 Å². The van der Waals surface area contributed by atoms with Gasteiger partial charge in [-0.2, -0.15) is 0 Å². The van der Waals surface area contributed by atoms with Crippen molar-refractivity contribution < 1.29 is 9.53 Å². The van der Waals surface area contributed by atoms with E-state index in [0.717, 1.165) is 42.9 Å². The second-order valence-corrected chi connectivity index (χ2v) is 4.58. The van der Waals surface area contributed by atoms with Gasteiger partial charge in [-0.3, -0.25) is 4.79 Å². The number of carbonyl (C=O) groups is 1. The van der Waals surface area contributed by atoms with Crippen LogP contribution >= 0.6 is 0 Å². The van der Waals surface area contributed by atoms with Crippen LogP contribution in [0.1, 0.15) is 15.9 Å². The van der Waals surface area contributed by atoms with Crippen molar-refractivity contribution in [1.29, 1.82) is 0 Å². The molecule has 2 aliphatic rings. The summed E-state index contributed by atoms with van der Waals surface area (Å²) in [7, 11) is 1.65. The summed E-state index contributed by atoms with van der Waals surface area (Å²) in [5.41, 5.74) is 1.95. The Balaban J connectivity index is 1.99. The molecule has 2 aliphatic heterocycles. The number of fused-ring (bicyclic) bond motifs is 2. The molecule has 1 atom stereocenters. The van der Waals surface area contributed by atoms with Crippen LogP contribution in [0, 0.1) is 0 Å². The summed E-state index contributed by atoms with van der Waals surface area (Å²) in [4.78, 5) is 14.3. The summed E-state index contributed by atoms with van der Waals surface area (Å²) in [5.74, 6) is 0.995. The molecule has 4 nitrogen and oxygen atoms in total. The van der Waals surface area contributed by atoms with E-state index in [0.29, 0.717) is 6.04 Å². The minimum atomic E-state index is 0.167. The van der Waals surface area contributed by atoms with Crippen molar-refractivity contribution in [3.05, 3.63) is 29.3 Å². The van der Waals surface area contributed by atoms with E-state index in [1.807, 2.05) is 23.1 Å². The SMILES string of the molecule is COc1ccc2c(c1)C[C@@H]1CNCCN1C2=O. The molecule has 0 unspecified atom stereocenters. The van der Waals surface area contributed by atoms with Gasteiger partial charge in [-0.25, -0.2) is 0 Å². The fourth-order valence-electron chi connectivity index (χ4n) is 2.69. The smallest absolute Gasteiger partial charge is 0.254 e. The molecular weight excluding hydrogens is 216 g/mol. The molecule has 4 heteroatoms. The van der Waals surface area contributed by atoms with E-state index in [2.05, 4.69) is 5.32 Å². The zero-order valence-corrected chi connectivity index (χ0v) is 9.90. The van der Waals surface area contributed by atoms with Crippen LogP contribution in [0.25, 0.3) is 0 Å². The number of piperazine rings is 1. The van der Waals surface area contributed by atoms with Crippen LogP contribution in [0.2, 0.25) is 0 Å². The first-order valence-electron chi connectivity index (χ1n) is 5.98. The highest BCUT2D eigenvalue weighted by atomic mass is 16.5. The Morgan fingerprint density at radius 1 is 1.47 bits per heavy atom. The molecule has 90 valence electrons. The van der Waals surface area contributed by atoms with Crippen molar-refractivity contribution in [2.45, 2.75) is 12.5 Å². The number of benzene rings is 1. The average Bonchev–Trinajstić information content (AvgIpc) is 2.38. The van der Waals surface area contributed by atoms with E-state index >= 15 is 0 Å². The second kappa shape index (κ2) is 4.04. The molecule has 1 saturated heterocycles. The number of ether oxygens (including phenoxy) is 1. The van der Waals surface area contributed by atoms with E-state index in [1.54, 1.807) is 7.11 Å². The van der Waals surface area contributed by atoms with Crippen molar-refractivity contribution in [3.8, 4) is 5.75 Å². The van der Waals surface area contributed by atoms with Crippen LogP contribution in [0.3, 0.4) is 0 Å². The Morgan fingerprint density at radius 2 is 2.35 bits per heavy atom. The zero-order valence-electron chi connectivity index (χ0n) is 9.90. The van der Waals surface area contributed by atoms with Crippen LogP contribution in [0.4, 0.5) is 0 Å². The van der Waals surface area contributed by atoms with Gasteiger partial charge in [-0.1, -0.05) is 0 Å². The van der Waals surface area contributed by atoms with Crippen molar-refractivity contribution in [1.82, 2.24) is 10.2 Å². The highest BCUT2D eigenvalue weighted by Gasteiger charge is 2.33. The lowest BCUT2D eigenvalue weighted by molar-refractivity contribution is 0.0606. The molecular formula is C13H16N2O2. The van der Waals surface area contributed by atoms with Crippen LogP contribution in [0.5, 0.6) is 5.75 Å². The predicted octanol–water partition coefficient (Wildman–Crippen LogP) is 0.665. The monoisotopic (exact) mass is 232 g/mol. The Bertz CT molecular complexity index is 459. The zero-order chi connectivity index (χ0) is 11.8. The summed E-state index contributed by atoms with van der Waals surface area (Å²) in [6.45, 7) is 2.60. The number of carbonyl (C=O) groups excluding carboxylic acids is 1. The molecule has 0 bridgehead atoms. The lowest BCUT2D eigenvalue weighted by Crippen LogP contribution is -2.56. The van der Waals surface area contributed by atoms with Gasteiger partial charge < -0.3 is 15.0 Å². The summed E-state index contributed by atoms with van der Waals surface area (Å²) in [6, 6.07) is 6.03. The number of nitrogens with zero attached hydrogens (tertiary/aromatic N) is 1. The van der Waals surface area contributed by atoms with Gasteiger partial charge >= 0.3 is 0 Å². The topological polar surface area (TPSA) is 41.6 Å². The van der Waals surface area contributed by atoms with Gasteiger partial charge in [0.15, 0.2) is 0 Å². The fraction of sp³-hybridized carbons (Fsp3) is 0.462. The highest BCUT2D eigenvalue weighted by molar-refractivity contribution is 5.97. The molecule has 17 heavy (non-hydrogen) atoms. The Labute approximate surface area is 101 Å². The Morgan fingerprint density at radius 3 is 3.18 bits per heavy atom. The Kier molecular flexibility index (Phi) is 2.52. The number of hydrogen-bond acceptors (Lipinski definition) is 3. The molecule has 0 saturated carbocycles. The number of amides is 1. The summed E-state index contributed by atoms with van der Waals surface area (Å²) in [6.07, 6.45) is 0.922. The molecule has 1 N–H and O–H groups in total. The third-order valence-electron chi connectivity index (χ3n) is 3.61. The molecule has 1 aromatic rings. The van der Waals surface area contributed by atoms with Gasteiger partial charge in [0.1, 0.15) is 5.75 Å². The molecule has 3 rings (SSSR count). The van der Waals surface area contributed by atoms with Crippen LogP contribution in [-0.2, 0) is 6.42 Å². The lowest BCUT2D eigenvalue weighted by atomic mass is 9.92. The summed E-state index contributed by atoms with van der Waals surface area (Å²) < 4.78 is 5.21. The largest absolute Gasteiger partial charge is 0.497 e. The lowest BCUT2D eigenvalue weighted by Gasteiger charge is -2.40. The summed E-state index contributed by atoms with van der Waals surface area (Å²) in [5, 5.41) is 3.34. The molecule has 0 radical (unpaired) electrons. The van der Waals surface area contributed by atoms with Gasteiger partial charge in [-0.15, -0.1) is 0 Å². The molecule has 0 spiro atoms. The van der Waals surface area contributed by atoms with E-state index < -0.39 is 0 Å². The van der Waals surface area contributed by atoms with Gasteiger partial charge in [0.05, 0.1) is 7.11 Å². The van der Waals surface area contributed by atoms with Gasteiger partial charge in [0.25, 0.3) is 5.91 Å². The molecule has 2 heterocycles. The third-order valence-corrected chi connectivity index (χ3v) is 3.61. The number of methoxy groups -OCH3 is 1. The standard InChI is InChI=1S/C13H16N2O2/c1-17-11-2-3-12-9(7-11)6-10-8-14-4-5-15(10)13(12)16/h2-3,7,10,14H,4-6,8H2,1H3/t10-/m1/s1. The predicted molar refractivity (Wildman–Crippen MR) is 64.4 cm³/mol. The second-order valence-electron chi connectivity index (χ2n) is 4.58. The quantitative estimate of drug-likeness (QED) is 0.773. The Hall–Kier alpha value is -1.55. The number of rotatable bonds is 1. The van der Waals surface area contributed by atoms with Crippen LogP contribution < -0.4 is 10.1 Å². The molecule has 0 aromatic heterocycles. The third kappa shape index (κ3) is 1.69. The van der Waals surface area contributed by atoms with Crippen molar-refractivity contribution in [3.63, 3.8) is 0 Å². The van der Waals surface area contributed by atoms with Crippen molar-refractivity contribution >= 4 is 5.91 Å². The minimum absolute atomic E-state index is 0.167. The molecule has 1 aromatic carbocycles. The van der Waals surface area contributed by atoms with E-state index in [9.17, 15) is 4.79 Å². The highest BCUT2D eigenvalue weighted by Crippen LogP contribution is 2.27. The van der Waals surface area contributed by atoms with Gasteiger partial charge in [0.2, 0.25) is 0 Å². The maximum absolute atomic E-state index is 12.3. The maximum Gasteiger partial charge on any atom is 0.254 e. The van der Waals surface area contributed by atoms with E-state index in [4.69, 9.17) is 4.74 Å².